The van der Waals surface area contributed by atoms with Gasteiger partial charge in [0.05, 0.1) is 5.69 Å². The van der Waals surface area contributed by atoms with Crippen molar-refractivity contribution in [2.75, 3.05) is 5.32 Å². The lowest BCUT2D eigenvalue weighted by Crippen LogP contribution is -2.11. The van der Waals surface area contributed by atoms with Crippen molar-refractivity contribution in [1.82, 2.24) is 4.98 Å². The number of allylic oxidation sites excluding steroid dienone is 1. The van der Waals surface area contributed by atoms with Gasteiger partial charge in [-0.05, 0) is 55.3 Å². The first kappa shape index (κ1) is 18.9. The zero-order valence-electron chi connectivity index (χ0n) is 15.0. The van der Waals surface area contributed by atoms with Crippen LogP contribution < -0.4 is 16.8 Å². The van der Waals surface area contributed by atoms with E-state index in [1.807, 2.05) is 44.2 Å². The summed E-state index contributed by atoms with van der Waals surface area (Å²) in [4.78, 5) is 20.3. The van der Waals surface area contributed by atoms with Crippen molar-refractivity contribution in [3.05, 3.63) is 66.4 Å². The maximum atomic E-state index is 11.5. The summed E-state index contributed by atoms with van der Waals surface area (Å²) >= 11 is 0. The molecule has 6 heteroatoms. The minimum absolute atomic E-state index is 0.266. The molecule has 0 aliphatic carbocycles. The predicted octanol–water partition coefficient (Wildman–Crippen LogP) is 3.42. The highest BCUT2D eigenvalue weighted by atomic mass is 16.1. The Hall–Kier alpha value is -3.41. The number of hydrogen-bond acceptors (Lipinski definition) is 4. The highest BCUT2D eigenvalue weighted by molar-refractivity contribution is 5.99. The van der Waals surface area contributed by atoms with Gasteiger partial charge in [0.2, 0.25) is 5.91 Å². The van der Waals surface area contributed by atoms with Crippen molar-refractivity contribution in [1.29, 1.82) is 0 Å². The van der Waals surface area contributed by atoms with Crippen molar-refractivity contribution >= 4 is 23.2 Å². The molecule has 5 N–H and O–H groups in total. The van der Waals surface area contributed by atoms with Gasteiger partial charge in [-0.25, -0.2) is 9.98 Å². The number of carbonyl (C=O) groups excluding carboxylic acids is 1. The van der Waals surface area contributed by atoms with Crippen molar-refractivity contribution in [3.8, 4) is 11.3 Å². The van der Waals surface area contributed by atoms with Gasteiger partial charge in [0.15, 0.2) is 5.82 Å². The number of anilines is 1. The van der Waals surface area contributed by atoms with Crippen LogP contribution in [0.25, 0.3) is 11.3 Å². The van der Waals surface area contributed by atoms with Crippen molar-refractivity contribution in [3.63, 3.8) is 0 Å². The van der Waals surface area contributed by atoms with Crippen LogP contribution in [0.1, 0.15) is 18.9 Å². The normalized spacial score (nSPS) is 11.9. The average Bonchev–Trinajstić information content (AvgIpc) is 2.61. The van der Waals surface area contributed by atoms with Crippen LogP contribution in [0.2, 0.25) is 0 Å². The maximum Gasteiger partial charge on any atom is 0.247 e. The summed E-state index contributed by atoms with van der Waals surface area (Å²) in [6, 6.07) is 11.2. The fraction of sp³-hybridized carbons (Fsp3) is 0.150. The summed E-state index contributed by atoms with van der Waals surface area (Å²) in [6.45, 7) is 7.35. The minimum atomic E-state index is -0.266. The zero-order chi connectivity index (χ0) is 19.1. The summed E-state index contributed by atoms with van der Waals surface area (Å²) in [5, 5.41) is 2.74. The summed E-state index contributed by atoms with van der Waals surface area (Å²) in [5.74, 6) is 0.538. The second-order valence-electron chi connectivity index (χ2n) is 5.77. The Bertz CT molecular complexity index is 884. The molecule has 1 aromatic heterocycles. The molecule has 1 heterocycles. The highest BCUT2D eigenvalue weighted by Gasteiger charge is 2.06. The summed E-state index contributed by atoms with van der Waals surface area (Å²) in [7, 11) is 0. The number of carbonyl (C=O) groups is 1. The Morgan fingerprint density at radius 2 is 2.08 bits per heavy atom. The second kappa shape index (κ2) is 8.62. The number of aliphatic imine (C=N–C) groups is 1. The quantitative estimate of drug-likeness (QED) is 0.422. The molecule has 6 nitrogen and oxygen atoms in total. The number of aryl methyl sites for hydroxylation is 1. The van der Waals surface area contributed by atoms with Crippen molar-refractivity contribution in [2.45, 2.75) is 20.3 Å². The first-order chi connectivity index (χ1) is 12.4. The molecular weight excluding hydrogens is 326 g/mol. The molecular formula is C20H23N5O. The topological polar surface area (TPSA) is 106 Å². The van der Waals surface area contributed by atoms with E-state index in [0.29, 0.717) is 29.5 Å². The fourth-order valence-electron chi connectivity index (χ4n) is 2.26. The van der Waals surface area contributed by atoms with E-state index in [4.69, 9.17) is 11.5 Å². The van der Waals surface area contributed by atoms with E-state index in [2.05, 4.69) is 21.9 Å². The third kappa shape index (κ3) is 5.31. The smallest absolute Gasteiger partial charge is 0.247 e. The van der Waals surface area contributed by atoms with Gasteiger partial charge in [-0.2, -0.15) is 0 Å². The average molecular weight is 349 g/mol. The number of amidine groups is 1. The van der Waals surface area contributed by atoms with E-state index >= 15 is 0 Å². The monoisotopic (exact) mass is 349 g/mol. The Balaban J connectivity index is 2.38. The number of aromatic nitrogens is 1. The number of rotatable bonds is 6. The molecule has 0 unspecified atom stereocenters. The molecule has 0 saturated heterocycles. The van der Waals surface area contributed by atoms with Crippen molar-refractivity contribution in [2.24, 2.45) is 16.5 Å². The Morgan fingerprint density at radius 3 is 2.77 bits per heavy atom. The molecule has 1 aromatic carbocycles. The number of amides is 1. The summed E-state index contributed by atoms with van der Waals surface area (Å²) < 4.78 is 0. The Morgan fingerprint density at radius 1 is 1.31 bits per heavy atom. The molecule has 0 radical (unpaired) electrons. The molecule has 0 aliphatic rings. The van der Waals surface area contributed by atoms with Gasteiger partial charge in [0.25, 0.3) is 0 Å². The SMILES string of the molecule is C=CC(=O)Nc1cccc(-c2cc(C)cc(N=C(N)/C=C(\N)CC)n2)c1. The highest BCUT2D eigenvalue weighted by Crippen LogP contribution is 2.25. The largest absolute Gasteiger partial charge is 0.402 e. The van der Waals surface area contributed by atoms with E-state index < -0.39 is 0 Å². The molecule has 0 bridgehead atoms. The van der Waals surface area contributed by atoms with Crippen molar-refractivity contribution < 1.29 is 4.79 Å². The van der Waals surface area contributed by atoms with Gasteiger partial charge >= 0.3 is 0 Å². The van der Waals surface area contributed by atoms with Gasteiger partial charge in [-0.3, -0.25) is 4.79 Å². The molecule has 0 spiro atoms. The number of nitrogens with two attached hydrogens (primary N) is 2. The number of pyridine rings is 1. The molecule has 26 heavy (non-hydrogen) atoms. The van der Waals surface area contributed by atoms with Crippen LogP contribution in [-0.2, 0) is 4.79 Å². The van der Waals surface area contributed by atoms with Gasteiger partial charge < -0.3 is 16.8 Å². The van der Waals surface area contributed by atoms with E-state index in [1.54, 1.807) is 12.1 Å². The van der Waals surface area contributed by atoms with Gasteiger partial charge in [-0.1, -0.05) is 25.6 Å². The molecule has 0 fully saturated rings. The summed E-state index contributed by atoms with van der Waals surface area (Å²) in [5.41, 5.74) is 15.6. The lowest BCUT2D eigenvalue weighted by molar-refractivity contribution is -0.111. The molecule has 0 atom stereocenters. The third-order valence-electron chi connectivity index (χ3n) is 3.55. The van der Waals surface area contributed by atoms with E-state index in [1.165, 1.54) is 6.08 Å². The van der Waals surface area contributed by atoms with E-state index in [0.717, 1.165) is 16.8 Å². The third-order valence-corrected chi connectivity index (χ3v) is 3.55. The molecule has 1 amide bonds. The second-order valence-corrected chi connectivity index (χ2v) is 5.77. The van der Waals surface area contributed by atoms with E-state index in [-0.39, 0.29) is 5.91 Å². The fourth-order valence-corrected chi connectivity index (χ4v) is 2.26. The molecule has 2 rings (SSSR count). The maximum absolute atomic E-state index is 11.5. The molecule has 134 valence electrons. The molecule has 0 saturated carbocycles. The van der Waals surface area contributed by atoms with Crippen LogP contribution in [0.15, 0.2) is 65.8 Å². The number of hydrogen-bond donors (Lipinski definition) is 3. The Kier molecular flexibility index (Phi) is 6.27. The number of nitrogens with zero attached hydrogens (tertiary/aromatic N) is 2. The first-order valence-electron chi connectivity index (χ1n) is 8.24. The lowest BCUT2D eigenvalue weighted by atomic mass is 10.1. The van der Waals surface area contributed by atoms with E-state index in [9.17, 15) is 4.79 Å². The van der Waals surface area contributed by atoms with Gasteiger partial charge in [-0.15, -0.1) is 0 Å². The van der Waals surface area contributed by atoms with Crippen LogP contribution in [0, 0.1) is 6.92 Å². The molecule has 0 aliphatic heterocycles. The first-order valence-corrected chi connectivity index (χ1v) is 8.24. The Labute approximate surface area is 153 Å². The molecule has 2 aromatic rings. The van der Waals surface area contributed by atoms with Crippen LogP contribution in [0.5, 0.6) is 0 Å². The van der Waals surface area contributed by atoms with Crippen LogP contribution in [0.3, 0.4) is 0 Å². The number of nitrogens with one attached hydrogen (secondary N) is 1. The lowest BCUT2D eigenvalue weighted by Gasteiger charge is -2.08. The van der Waals surface area contributed by atoms with Gasteiger partial charge in [0.1, 0.15) is 5.84 Å². The number of benzene rings is 1. The van der Waals surface area contributed by atoms with Crippen LogP contribution >= 0.6 is 0 Å². The predicted molar refractivity (Wildman–Crippen MR) is 107 cm³/mol. The van der Waals surface area contributed by atoms with Crippen LogP contribution in [-0.4, -0.2) is 16.7 Å². The standard InChI is InChI=1S/C20H23N5O/c1-4-15(21)12-18(22)25-19-10-13(3)9-17(24-19)14-7-6-8-16(11-14)23-20(26)5-2/h5-12H,2,4,21H2,1,3H3,(H,23,26)(H2,22,24,25)/b15-12-. The van der Waals surface area contributed by atoms with Crippen LogP contribution in [0.4, 0.5) is 11.5 Å². The zero-order valence-corrected chi connectivity index (χ0v) is 15.0. The minimum Gasteiger partial charge on any atom is -0.402 e. The van der Waals surface area contributed by atoms with Gasteiger partial charge in [0, 0.05) is 16.9 Å². The summed E-state index contributed by atoms with van der Waals surface area (Å²) in [6.07, 6.45) is 3.56.